The highest BCUT2D eigenvalue weighted by Gasteiger charge is 2.18. The average Bonchev–Trinajstić information content (AvgIpc) is 3.10. The molecule has 6 heteroatoms. The van der Waals surface area contributed by atoms with Gasteiger partial charge in [-0.3, -0.25) is 0 Å². The van der Waals surface area contributed by atoms with E-state index in [0.29, 0.717) is 10.5 Å². The molecule has 0 amide bonds. The number of nitrogens with zero attached hydrogens (tertiary/aromatic N) is 1. The number of halogens is 1. The summed E-state index contributed by atoms with van der Waals surface area (Å²) in [6.07, 6.45) is 1.69. The molecule has 2 aromatic heterocycles. The van der Waals surface area contributed by atoms with Crippen LogP contribution in [0.4, 0.5) is 4.39 Å². The summed E-state index contributed by atoms with van der Waals surface area (Å²) in [5.74, 6) is -0.319. The SMILES string of the molecule is O=c1oc2ccccc2c(-c2ccc(F)cc2)c1Sc1nccs1. The van der Waals surface area contributed by atoms with Crippen LogP contribution in [0.3, 0.4) is 0 Å². The summed E-state index contributed by atoms with van der Waals surface area (Å²) >= 11 is 2.72. The van der Waals surface area contributed by atoms with Gasteiger partial charge in [-0.1, -0.05) is 42.1 Å². The van der Waals surface area contributed by atoms with Crippen molar-refractivity contribution in [2.24, 2.45) is 0 Å². The minimum Gasteiger partial charge on any atom is -0.422 e. The molecule has 24 heavy (non-hydrogen) atoms. The van der Waals surface area contributed by atoms with E-state index in [1.807, 2.05) is 23.6 Å². The van der Waals surface area contributed by atoms with Gasteiger partial charge in [0.25, 0.3) is 0 Å². The Hall–Kier alpha value is -2.44. The second kappa shape index (κ2) is 6.22. The maximum absolute atomic E-state index is 13.3. The Morgan fingerprint density at radius 3 is 2.62 bits per heavy atom. The molecule has 3 nitrogen and oxygen atoms in total. The zero-order chi connectivity index (χ0) is 16.5. The van der Waals surface area contributed by atoms with Crippen LogP contribution in [0.5, 0.6) is 0 Å². The minimum absolute atomic E-state index is 0.319. The predicted octanol–water partition coefficient (Wildman–Crippen LogP) is 5.21. The van der Waals surface area contributed by atoms with Crippen LogP contribution >= 0.6 is 23.1 Å². The number of aromatic nitrogens is 1. The molecule has 2 aromatic carbocycles. The summed E-state index contributed by atoms with van der Waals surface area (Å²) in [6.45, 7) is 0. The van der Waals surface area contributed by atoms with E-state index >= 15 is 0 Å². The predicted molar refractivity (Wildman–Crippen MR) is 94.1 cm³/mol. The van der Waals surface area contributed by atoms with Gasteiger partial charge in [0.15, 0.2) is 4.34 Å². The van der Waals surface area contributed by atoms with E-state index in [1.165, 1.54) is 35.2 Å². The van der Waals surface area contributed by atoms with Crippen LogP contribution < -0.4 is 5.63 Å². The molecule has 0 N–H and O–H groups in total. The number of fused-ring (bicyclic) bond motifs is 1. The lowest BCUT2D eigenvalue weighted by atomic mass is 10.0. The Morgan fingerprint density at radius 2 is 1.88 bits per heavy atom. The second-order valence-electron chi connectivity index (χ2n) is 5.00. The van der Waals surface area contributed by atoms with Gasteiger partial charge < -0.3 is 4.42 Å². The number of rotatable bonds is 3. The summed E-state index contributed by atoms with van der Waals surface area (Å²) in [5, 5.41) is 2.66. The van der Waals surface area contributed by atoms with E-state index in [9.17, 15) is 9.18 Å². The zero-order valence-electron chi connectivity index (χ0n) is 12.2. The number of benzene rings is 2. The molecular weight excluding hydrogens is 345 g/mol. The Balaban J connectivity index is 2.02. The number of thiazole rings is 1. The molecule has 0 bridgehead atoms. The normalized spacial score (nSPS) is 11.0. The lowest BCUT2D eigenvalue weighted by Gasteiger charge is -2.10. The van der Waals surface area contributed by atoms with Gasteiger partial charge in [-0.15, -0.1) is 11.3 Å². The Kier molecular flexibility index (Phi) is 3.92. The standard InChI is InChI=1S/C18H10FNO2S2/c19-12-7-5-11(6-8-12)15-13-3-1-2-4-14(13)22-17(21)16(15)24-18-20-9-10-23-18/h1-10H. The van der Waals surface area contributed by atoms with Crippen molar-refractivity contribution in [3.8, 4) is 11.1 Å². The van der Waals surface area contributed by atoms with Gasteiger partial charge in [0, 0.05) is 22.5 Å². The molecule has 0 aliphatic carbocycles. The van der Waals surface area contributed by atoms with E-state index in [-0.39, 0.29) is 5.82 Å². The van der Waals surface area contributed by atoms with Crippen LogP contribution in [0.2, 0.25) is 0 Å². The van der Waals surface area contributed by atoms with Crippen LogP contribution in [-0.2, 0) is 0 Å². The van der Waals surface area contributed by atoms with Gasteiger partial charge in [0.2, 0.25) is 0 Å². The molecule has 0 saturated carbocycles. The molecule has 0 fully saturated rings. The lowest BCUT2D eigenvalue weighted by molar-refractivity contribution is 0.545. The Labute approximate surface area is 144 Å². The summed E-state index contributed by atoms with van der Waals surface area (Å²) < 4.78 is 19.5. The fourth-order valence-corrected chi connectivity index (χ4v) is 4.19. The molecule has 0 aliphatic heterocycles. The van der Waals surface area contributed by atoms with E-state index in [1.54, 1.807) is 24.4 Å². The van der Waals surface area contributed by atoms with Crippen molar-refractivity contribution >= 4 is 34.1 Å². The molecule has 0 spiro atoms. The van der Waals surface area contributed by atoms with Crippen LogP contribution in [0.15, 0.2) is 78.6 Å². The van der Waals surface area contributed by atoms with Crippen molar-refractivity contribution in [1.29, 1.82) is 0 Å². The quantitative estimate of drug-likeness (QED) is 0.473. The largest absolute Gasteiger partial charge is 0.422 e. The molecule has 0 aliphatic rings. The number of hydrogen-bond acceptors (Lipinski definition) is 5. The minimum atomic E-state index is -0.423. The third-order valence-corrected chi connectivity index (χ3v) is 5.46. The first kappa shape index (κ1) is 15.1. The van der Waals surface area contributed by atoms with Crippen molar-refractivity contribution < 1.29 is 8.81 Å². The molecule has 4 rings (SSSR count). The van der Waals surface area contributed by atoms with Crippen molar-refractivity contribution in [2.75, 3.05) is 0 Å². The number of para-hydroxylation sites is 1. The molecule has 0 unspecified atom stereocenters. The monoisotopic (exact) mass is 355 g/mol. The van der Waals surface area contributed by atoms with Gasteiger partial charge in [0.1, 0.15) is 16.3 Å². The summed E-state index contributed by atoms with van der Waals surface area (Å²) in [5.41, 5.74) is 1.58. The van der Waals surface area contributed by atoms with Crippen molar-refractivity contribution in [2.45, 2.75) is 9.24 Å². The van der Waals surface area contributed by atoms with Crippen LogP contribution in [0.1, 0.15) is 0 Å². The third kappa shape index (κ3) is 2.74. The van der Waals surface area contributed by atoms with E-state index in [0.717, 1.165) is 20.9 Å². The number of hydrogen-bond donors (Lipinski definition) is 0. The topological polar surface area (TPSA) is 43.1 Å². The first-order valence-electron chi connectivity index (χ1n) is 7.11. The zero-order valence-corrected chi connectivity index (χ0v) is 13.9. The maximum Gasteiger partial charge on any atom is 0.351 e. The van der Waals surface area contributed by atoms with E-state index < -0.39 is 5.63 Å². The Morgan fingerprint density at radius 1 is 1.08 bits per heavy atom. The highest BCUT2D eigenvalue weighted by molar-refractivity contribution is 8.01. The van der Waals surface area contributed by atoms with Crippen molar-refractivity contribution in [3.63, 3.8) is 0 Å². The molecule has 0 radical (unpaired) electrons. The lowest BCUT2D eigenvalue weighted by Crippen LogP contribution is -2.04. The maximum atomic E-state index is 13.3. The first-order chi connectivity index (χ1) is 11.7. The fraction of sp³-hybridized carbons (Fsp3) is 0. The summed E-state index contributed by atoms with van der Waals surface area (Å²) in [7, 11) is 0. The van der Waals surface area contributed by atoms with Crippen LogP contribution in [0, 0.1) is 5.82 Å². The van der Waals surface area contributed by atoms with Gasteiger partial charge in [-0.05, 0) is 23.8 Å². The molecule has 2 heterocycles. The molecular formula is C18H10FNO2S2. The average molecular weight is 355 g/mol. The highest BCUT2D eigenvalue weighted by atomic mass is 32.2. The molecule has 0 saturated heterocycles. The van der Waals surface area contributed by atoms with Crippen molar-refractivity contribution in [1.82, 2.24) is 4.98 Å². The van der Waals surface area contributed by atoms with E-state index in [2.05, 4.69) is 4.98 Å². The second-order valence-corrected chi connectivity index (χ2v) is 7.15. The smallest absolute Gasteiger partial charge is 0.351 e. The van der Waals surface area contributed by atoms with Crippen LogP contribution in [-0.4, -0.2) is 4.98 Å². The molecule has 118 valence electrons. The highest BCUT2D eigenvalue weighted by Crippen LogP contribution is 2.38. The van der Waals surface area contributed by atoms with Gasteiger partial charge in [-0.2, -0.15) is 0 Å². The third-order valence-electron chi connectivity index (χ3n) is 3.50. The van der Waals surface area contributed by atoms with Gasteiger partial charge in [0.05, 0.1) is 0 Å². The Bertz CT molecular complexity index is 1060. The van der Waals surface area contributed by atoms with Gasteiger partial charge >= 0.3 is 5.63 Å². The summed E-state index contributed by atoms with van der Waals surface area (Å²) in [4.78, 5) is 17.2. The first-order valence-corrected chi connectivity index (χ1v) is 8.81. The van der Waals surface area contributed by atoms with Crippen LogP contribution in [0.25, 0.3) is 22.1 Å². The summed E-state index contributed by atoms with van der Waals surface area (Å²) in [6, 6.07) is 13.4. The fourth-order valence-electron chi connectivity index (χ4n) is 2.48. The van der Waals surface area contributed by atoms with Crippen molar-refractivity contribution in [3.05, 3.63) is 76.3 Å². The van der Waals surface area contributed by atoms with Gasteiger partial charge in [-0.25, -0.2) is 14.2 Å². The molecule has 4 aromatic rings. The van der Waals surface area contributed by atoms with E-state index in [4.69, 9.17) is 4.42 Å². The molecule has 0 atom stereocenters.